The molecule has 2 aromatic rings. The van der Waals surface area contributed by atoms with Crippen LogP contribution in [0.2, 0.25) is 5.02 Å². The van der Waals surface area contributed by atoms with Gasteiger partial charge in [0.25, 0.3) is 0 Å². The molecule has 6 heteroatoms. The summed E-state index contributed by atoms with van der Waals surface area (Å²) in [5.74, 6) is 0.799. The van der Waals surface area contributed by atoms with Crippen LogP contribution in [-0.4, -0.2) is 16.9 Å². The third-order valence-corrected chi connectivity index (χ3v) is 3.97. The molecule has 4 nitrogen and oxygen atoms in total. The highest BCUT2D eigenvalue weighted by molar-refractivity contribution is 9.10. The second-order valence-electron chi connectivity index (χ2n) is 4.40. The summed E-state index contributed by atoms with van der Waals surface area (Å²) >= 11 is 9.75. The smallest absolute Gasteiger partial charge is 0.122 e. The van der Waals surface area contributed by atoms with Gasteiger partial charge in [-0.05, 0) is 26.0 Å². The number of nitrogens with one attached hydrogen (secondary N) is 1. The third-order valence-electron chi connectivity index (χ3n) is 3.02. The summed E-state index contributed by atoms with van der Waals surface area (Å²) in [7, 11) is 1.65. The number of halogens is 2. The Morgan fingerprint density at radius 2 is 2.15 bits per heavy atom. The summed E-state index contributed by atoms with van der Waals surface area (Å²) in [5, 5.41) is 8.48. The number of aromatic nitrogens is 2. The molecule has 2 rings (SSSR count). The molecule has 0 bridgehead atoms. The maximum atomic E-state index is 6.29. The Hall–Kier alpha value is -1.20. The van der Waals surface area contributed by atoms with Crippen LogP contribution < -0.4 is 10.1 Å². The van der Waals surface area contributed by atoms with Gasteiger partial charge in [-0.15, -0.1) is 0 Å². The number of rotatable bonds is 5. The number of anilines is 1. The third kappa shape index (κ3) is 3.27. The number of ether oxygens (including phenoxy) is 1. The van der Waals surface area contributed by atoms with Crippen molar-refractivity contribution in [2.24, 2.45) is 0 Å². The van der Waals surface area contributed by atoms with Crippen LogP contribution in [0.15, 0.2) is 22.7 Å². The van der Waals surface area contributed by atoms with Crippen molar-refractivity contribution < 1.29 is 4.74 Å². The van der Waals surface area contributed by atoms with Gasteiger partial charge in [0.15, 0.2) is 0 Å². The molecule has 0 aliphatic rings. The molecule has 1 heterocycles. The van der Waals surface area contributed by atoms with E-state index in [0.717, 1.165) is 38.9 Å². The Morgan fingerprint density at radius 1 is 1.40 bits per heavy atom. The molecule has 0 aliphatic carbocycles. The van der Waals surface area contributed by atoms with Crippen LogP contribution in [0.3, 0.4) is 0 Å². The summed E-state index contributed by atoms with van der Waals surface area (Å²) in [6.07, 6.45) is 0. The number of aryl methyl sites for hydroxylation is 2. The minimum absolute atomic E-state index is 0.618. The van der Waals surface area contributed by atoms with Crippen molar-refractivity contribution in [3.05, 3.63) is 39.1 Å². The molecule has 1 aromatic carbocycles. The molecule has 1 aromatic heterocycles. The molecular formula is C14H17BrClN3O. The minimum atomic E-state index is 0.618. The first-order valence-electron chi connectivity index (χ1n) is 6.35. The summed E-state index contributed by atoms with van der Waals surface area (Å²) in [4.78, 5) is 0. The molecule has 0 atom stereocenters. The van der Waals surface area contributed by atoms with Gasteiger partial charge >= 0.3 is 0 Å². The lowest BCUT2D eigenvalue weighted by molar-refractivity contribution is 0.414. The van der Waals surface area contributed by atoms with E-state index >= 15 is 0 Å². The molecule has 1 N–H and O–H groups in total. The maximum Gasteiger partial charge on any atom is 0.122 e. The Labute approximate surface area is 132 Å². The van der Waals surface area contributed by atoms with Crippen LogP contribution in [0, 0.1) is 6.92 Å². The predicted molar refractivity (Wildman–Crippen MR) is 85.7 cm³/mol. The number of nitrogens with zero attached hydrogens (tertiary/aromatic N) is 2. The summed E-state index contributed by atoms with van der Waals surface area (Å²) < 4.78 is 8.13. The molecule has 0 fully saturated rings. The minimum Gasteiger partial charge on any atom is -0.497 e. The van der Waals surface area contributed by atoms with Crippen LogP contribution in [0.1, 0.15) is 18.3 Å². The second-order valence-corrected chi connectivity index (χ2v) is 5.69. The standard InChI is InChI=1S/C14H17BrClN3O/c1-4-19-13(14(16)9(2)18-19)8-17-11-5-10(15)6-12(7-11)20-3/h5-7,17H,4,8H2,1-3H3. The van der Waals surface area contributed by atoms with E-state index in [0.29, 0.717) is 6.54 Å². The highest BCUT2D eigenvalue weighted by atomic mass is 79.9. The van der Waals surface area contributed by atoms with Crippen LogP contribution in [0.4, 0.5) is 5.69 Å². The quantitative estimate of drug-likeness (QED) is 0.868. The van der Waals surface area contributed by atoms with E-state index in [1.165, 1.54) is 0 Å². The van der Waals surface area contributed by atoms with Gasteiger partial charge in [-0.1, -0.05) is 27.5 Å². The van der Waals surface area contributed by atoms with Crippen molar-refractivity contribution in [2.45, 2.75) is 26.9 Å². The van der Waals surface area contributed by atoms with Gasteiger partial charge in [-0.25, -0.2) is 0 Å². The van der Waals surface area contributed by atoms with Crippen LogP contribution in [-0.2, 0) is 13.1 Å². The van der Waals surface area contributed by atoms with E-state index in [9.17, 15) is 0 Å². The molecular weight excluding hydrogens is 342 g/mol. The summed E-state index contributed by atoms with van der Waals surface area (Å²) in [6.45, 7) is 5.38. The largest absolute Gasteiger partial charge is 0.497 e. The zero-order valence-corrected chi connectivity index (χ0v) is 14.0. The van der Waals surface area contributed by atoms with E-state index in [2.05, 4.69) is 33.3 Å². The lowest BCUT2D eigenvalue weighted by Crippen LogP contribution is -2.08. The van der Waals surface area contributed by atoms with Crippen molar-refractivity contribution in [3.63, 3.8) is 0 Å². The molecule has 0 aliphatic heterocycles. The number of benzene rings is 1. The van der Waals surface area contributed by atoms with Gasteiger partial charge in [0.2, 0.25) is 0 Å². The lowest BCUT2D eigenvalue weighted by atomic mass is 10.3. The van der Waals surface area contributed by atoms with Crippen molar-refractivity contribution in [1.29, 1.82) is 0 Å². The fourth-order valence-corrected chi connectivity index (χ4v) is 2.68. The number of methoxy groups -OCH3 is 1. The summed E-state index contributed by atoms with van der Waals surface area (Å²) in [6, 6.07) is 5.85. The van der Waals surface area contributed by atoms with E-state index in [1.807, 2.05) is 29.8 Å². The van der Waals surface area contributed by atoms with E-state index in [-0.39, 0.29) is 0 Å². The van der Waals surface area contributed by atoms with Gasteiger partial charge in [0.1, 0.15) is 5.75 Å². The number of hydrogen-bond donors (Lipinski definition) is 1. The van der Waals surface area contributed by atoms with Gasteiger partial charge in [-0.3, -0.25) is 4.68 Å². The van der Waals surface area contributed by atoms with Crippen molar-refractivity contribution in [3.8, 4) is 5.75 Å². The zero-order valence-electron chi connectivity index (χ0n) is 11.7. The molecule has 0 spiro atoms. The van der Waals surface area contributed by atoms with Gasteiger partial charge in [-0.2, -0.15) is 5.10 Å². The molecule has 108 valence electrons. The average molecular weight is 359 g/mol. The molecule has 0 saturated carbocycles. The van der Waals surface area contributed by atoms with E-state index in [1.54, 1.807) is 7.11 Å². The summed E-state index contributed by atoms with van der Waals surface area (Å²) in [5.41, 5.74) is 2.82. The fourth-order valence-electron chi connectivity index (χ4n) is 2.01. The first kappa shape index (κ1) is 15.2. The Bertz CT molecular complexity index is 613. The SMILES string of the molecule is CCn1nc(C)c(Cl)c1CNc1cc(Br)cc(OC)c1. The molecule has 0 saturated heterocycles. The Morgan fingerprint density at radius 3 is 2.80 bits per heavy atom. The molecule has 20 heavy (non-hydrogen) atoms. The normalized spacial score (nSPS) is 10.7. The average Bonchev–Trinajstić information content (AvgIpc) is 2.71. The van der Waals surface area contributed by atoms with Crippen molar-refractivity contribution >= 4 is 33.2 Å². The molecule has 0 radical (unpaired) electrons. The van der Waals surface area contributed by atoms with Crippen molar-refractivity contribution in [1.82, 2.24) is 9.78 Å². The molecule has 0 amide bonds. The second kappa shape index (κ2) is 6.50. The van der Waals surface area contributed by atoms with Crippen molar-refractivity contribution in [2.75, 3.05) is 12.4 Å². The van der Waals surface area contributed by atoms with Gasteiger partial charge in [0, 0.05) is 22.8 Å². The number of hydrogen-bond acceptors (Lipinski definition) is 3. The van der Waals surface area contributed by atoms with E-state index < -0.39 is 0 Å². The first-order valence-corrected chi connectivity index (χ1v) is 7.52. The van der Waals surface area contributed by atoms with Crippen LogP contribution >= 0.6 is 27.5 Å². The Balaban J connectivity index is 2.18. The predicted octanol–water partition coefficient (Wildman–Crippen LogP) is 4.25. The fraction of sp³-hybridized carbons (Fsp3) is 0.357. The van der Waals surface area contributed by atoms with Gasteiger partial charge in [0.05, 0.1) is 30.1 Å². The monoisotopic (exact) mass is 357 g/mol. The van der Waals surface area contributed by atoms with Crippen LogP contribution in [0.5, 0.6) is 5.75 Å². The Kier molecular flexibility index (Phi) is 4.94. The lowest BCUT2D eigenvalue weighted by Gasteiger charge is -2.10. The first-order chi connectivity index (χ1) is 9.55. The highest BCUT2D eigenvalue weighted by Gasteiger charge is 2.12. The van der Waals surface area contributed by atoms with Gasteiger partial charge < -0.3 is 10.1 Å². The maximum absolute atomic E-state index is 6.29. The van der Waals surface area contributed by atoms with E-state index in [4.69, 9.17) is 16.3 Å². The highest BCUT2D eigenvalue weighted by Crippen LogP contribution is 2.26. The topological polar surface area (TPSA) is 39.1 Å². The van der Waals surface area contributed by atoms with Crippen LogP contribution in [0.25, 0.3) is 0 Å². The molecule has 0 unspecified atom stereocenters. The zero-order chi connectivity index (χ0) is 14.7.